The number of carbonyl (C=O) groups excluding carboxylic acids is 1. The number of para-hydroxylation sites is 1. The van der Waals surface area contributed by atoms with Crippen LogP contribution >= 0.6 is 0 Å². The number of quaternary nitrogens is 1. The van der Waals surface area contributed by atoms with E-state index in [0.29, 0.717) is 17.3 Å². The van der Waals surface area contributed by atoms with Gasteiger partial charge in [0, 0.05) is 19.3 Å². The summed E-state index contributed by atoms with van der Waals surface area (Å²) in [5.74, 6) is -1.12. The highest BCUT2D eigenvalue weighted by Gasteiger charge is 2.23. The Balaban J connectivity index is 1.51. The Kier molecular flexibility index (Phi) is 6.66. The van der Waals surface area contributed by atoms with Gasteiger partial charge in [0.2, 0.25) is 0 Å². The third-order valence-electron chi connectivity index (χ3n) is 4.67. The monoisotopic (exact) mass is 375 g/mol. The number of nitrogens with zero attached hydrogens (tertiary/aromatic N) is 2. The zero-order valence-corrected chi connectivity index (χ0v) is 15.6. The highest BCUT2D eigenvalue weighted by molar-refractivity contribution is 5.88. The van der Waals surface area contributed by atoms with Gasteiger partial charge in [-0.3, -0.25) is 9.59 Å². The first kappa shape index (κ1) is 19.5. The van der Waals surface area contributed by atoms with Crippen LogP contribution in [0.25, 0.3) is 10.9 Å². The summed E-state index contributed by atoms with van der Waals surface area (Å²) in [6, 6.07) is 19.1. The fraction of sp³-hybridized carbons (Fsp3) is 0.273. The molecule has 3 rings (SSSR count). The molecule has 142 valence electrons. The third kappa shape index (κ3) is 4.90. The van der Waals surface area contributed by atoms with Crippen LogP contribution in [0.5, 0.6) is 0 Å². The number of H-pyrrole nitrogens is 1. The molecule has 0 fully saturated rings. The number of benzene rings is 2. The van der Waals surface area contributed by atoms with Crippen molar-refractivity contribution in [3.05, 3.63) is 76.3 Å². The van der Waals surface area contributed by atoms with Crippen LogP contribution in [0, 0.1) is 11.3 Å². The average Bonchev–Trinajstić information content (AvgIpc) is 2.72. The molecule has 0 saturated heterocycles. The van der Waals surface area contributed by atoms with Gasteiger partial charge in [-0.15, -0.1) is 0 Å². The molecule has 1 atom stereocenters. The van der Waals surface area contributed by atoms with E-state index in [0.717, 1.165) is 19.5 Å². The maximum Gasteiger partial charge on any atom is 0.258 e. The minimum atomic E-state index is -1.04. The molecular weight excluding hydrogens is 352 g/mol. The zero-order chi connectivity index (χ0) is 19.8. The van der Waals surface area contributed by atoms with E-state index in [-0.39, 0.29) is 23.6 Å². The highest BCUT2D eigenvalue weighted by Crippen LogP contribution is 2.15. The number of hydrogen-bond acceptors (Lipinski definition) is 4. The SMILES string of the molecule is N#C[C@H](C(=O)CCC[NH2+]CCc1ccccc1)c1nc2ccccc2c(=O)[nH]1. The summed E-state index contributed by atoms with van der Waals surface area (Å²) in [7, 11) is 0. The number of nitrogens with one attached hydrogen (secondary N) is 1. The Morgan fingerprint density at radius 3 is 2.64 bits per heavy atom. The Morgan fingerprint density at radius 2 is 1.86 bits per heavy atom. The average molecular weight is 375 g/mol. The lowest BCUT2D eigenvalue weighted by molar-refractivity contribution is -0.654. The van der Waals surface area contributed by atoms with Crippen molar-refractivity contribution in [2.45, 2.75) is 25.2 Å². The molecule has 0 aliphatic heterocycles. The Bertz CT molecular complexity index is 1040. The molecule has 6 nitrogen and oxygen atoms in total. The molecule has 0 unspecified atom stereocenters. The van der Waals surface area contributed by atoms with Gasteiger partial charge in [0.25, 0.3) is 5.56 Å². The van der Waals surface area contributed by atoms with Crippen LogP contribution in [0.1, 0.15) is 30.1 Å². The number of aromatic amines is 1. The van der Waals surface area contributed by atoms with Crippen LogP contribution in [0.15, 0.2) is 59.4 Å². The van der Waals surface area contributed by atoms with Gasteiger partial charge in [0.15, 0.2) is 11.7 Å². The fourth-order valence-corrected chi connectivity index (χ4v) is 3.15. The number of carbonyl (C=O) groups is 1. The molecule has 0 aliphatic rings. The summed E-state index contributed by atoms with van der Waals surface area (Å²) < 4.78 is 0. The quantitative estimate of drug-likeness (QED) is 0.555. The normalized spacial score (nSPS) is 11.8. The number of fused-ring (bicyclic) bond motifs is 1. The molecule has 0 radical (unpaired) electrons. The number of aromatic nitrogens is 2. The highest BCUT2D eigenvalue weighted by atomic mass is 16.1. The van der Waals surface area contributed by atoms with Crippen molar-refractivity contribution in [1.29, 1.82) is 5.26 Å². The van der Waals surface area contributed by atoms with Crippen molar-refractivity contribution in [2.24, 2.45) is 0 Å². The van der Waals surface area contributed by atoms with Crippen molar-refractivity contribution in [3.8, 4) is 6.07 Å². The van der Waals surface area contributed by atoms with Gasteiger partial charge in [0.1, 0.15) is 5.82 Å². The number of Topliss-reactive ketones (excluding diaryl/α,β-unsaturated/α-hetero) is 1. The van der Waals surface area contributed by atoms with Gasteiger partial charge in [0.05, 0.1) is 30.1 Å². The summed E-state index contributed by atoms with van der Waals surface area (Å²) in [5.41, 5.74) is 1.46. The van der Waals surface area contributed by atoms with Crippen molar-refractivity contribution < 1.29 is 10.1 Å². The molecule has 1 aromatic heterocycles. The molecule has 0 bridgehead atoms. The number of ketones is 1. The van der Waals surface area contributed by atoms with E-state index in [1.807, 2.05) is 24.3 Å². The predicted molar refractivity (Wildman–Crippen MR) is 107 cm³/mol. The number of nitrogens with two attached hydrogens (primary N) is 1. The molecule has 0 spiro atoms. The third-order valence-corrected chi connectivity index (χ3v) is 4.67. The number of hydrogen-bond donors (Lipinski definition) is 2. The van der Waals surface area contributed by atoms with Crippen molar-refractivity contribution in [3.63, 3.8) is 0 Å². The first-order valence-electron chi connectivity index (χ1n) is 9.46. The smallest absolute Gasteiger partial charge is 0.258 e. The van der Waals surface area contributed by atoms with Crippen LogP contribution in [-0.2, 0) is 11.2 Å². The Labute approximate surface area is 163 Å². The second kappa shape index (κ2) is 9.58. The number of nitriles is 1. The largest absolute Gasteiger partial charge is 0.346 e. The van der Waals surface area contributed by atoms with E-state index in [1.54, 1.807) is 24.3 Å². The van der Waals surface area contributed by atoms with E-state index in [2.05, 4.69) is 27.4 Å². The van der Waals surface area contributed by atoms with Crippen molar-refractivity contribution >= 4 is 16.7 Å². The van der Waals surface area contributed by atoms with Gasteiger partial charge in [-0.2, -0.15) is 5.26 Å². The standard InChI is InChI=1S/C22H22N4O2/c23-15-18(21-25-19-10-5-4-9-17(19)22(28)26-21)20(27)11-6-13-24-14-12-16-7-2-1-3-8-16/h1-5,7-10,18,24H,6,11-14H2,(H,25,26,28)/p+1/t18-/m1/s1. The lowest BCUT2D eigenvalue weighted by Crippen LogP contribution is -2.84. The fourth-order valence-electron chi connectivity index (χ4n) is 3.15. The maximum absolute atomic E-state index is 12.5. The van der Waals surface area contributed by atoms with E-state index in [9.17, 15) is 14.9 Å². The summed E-state index contributed by atoms with van der Waals surface area (Å²) >= 11 is 0. The lowest BCUT2D eigenvalue weighted by atomic mass is 10.0. The zero-order valence-electron chi connectivity index (χ0n) is 15.6. The molecule has 3 N–H and O–H groups in total. The molecule has 0 saturated carbocycles. The second-order valence-electron chi connectivity index (χ2n) is 6.70. The first-order valence-corrected chi connectivity index (χ1v) is 9.46. The molecule has 0 aliphatic carbocycles. The maximum atomic E-state index is 12.5. The molecular formula is C22H23N4O2+. The van der Waals surface area contributed by atoms with Crippen molar-refractivity contribution in [1.82, 2.24) is 9.97 Å². The molecule has 1 heterocycles. The summed E-state index contributed by atoms with van der Waals surface area (Å²) in [6.07, 6.45) is 1.96. The minimum absolute atomic E-state index is 0.129. The predicted octanol–water partition coefficient (Wildman–Crippen LogP) is 1.69. The molecule has 6 heteroatoms. The molecule has 0 amide bonds. The molecule has 2 aromatic carbocycles. The molecule has 28 heavy (non-hydrogen) atoms. The van der Waals surface area contributed by atoms with Crippen molar-refractivity contribution in [2.75, 3.05) is 13.1 Å². The second-order valence-corrected chi connectivity index (χ2v) is 6.70. The van der Waals surface area contributed by atoms with Gasteiger partial charge >= 0.3 is 0 Å². The summed E-state index contributed by atoms with van der Waals surface area (Å²) in [6.45, 7) is 1.78. The molecule has 3 aromatic rings. The van der Waals surface area contributed by atoms with Crippen LogP contribution in [0.3, 0.4) is 0 Å². The van der Waals surface area contributed by atoms with Gasteiger partial charge < -0.3 is 10.3 Å². The Hall–Kier alpha value is -3.30. The van der Waals surface area contributed by atoms with E-state index >= 15 is 0 Å². The van der Waals surface area contributed by atoms with E-state index < -0.39 is 5.92 Å². The van der Waals surface area contributed by atoms with Crippen LogP contribution in [0.2, 0.25) is 0 Å². The summed E-state index contributed by atoms with van der Waals surface area (Å²) in [5, 5.41) is 12.1. The Morgan fingerprint density at radius 1 is 1.11 bits per heavy atom. The summed E-state index contributed by atoms with van der Waals surface area (Å²) in [4.78, 5) is 31.6. The van der Waals surface area contributed by atoms with E-state index in [4.69, 9.17) is 0 Å². The van der Waals surface area contributed by atoms with Crippen LogP contribution < -0.4 is 10.9 Å². The van der Waals surface area contributed by atoms with Crippen LogP contribution in [-0.4, -0.2) is 28.8 Å². The van der Waals surface area contributed by atoms with Crippen LogP contribution in [0.4, 0.5) is 0 Å². The topological polar surface area (TPSA) is 103 Å². The van der Waals surface area contributed by atoms with Gasteiger partial charge in [-0.05, 0) is 17.7 Å². The first-order chi connectivity index (χ1) is 13.7. The minimum Gasteiger partial charge on any atom is -0.346 e. The number of rotatable bonds is 9. The lowest BCUT2D eigenvalue weighted by Gasteiger charge is -2.08. The van der Waals surface area contributed by atoms with Gasteiger partial charge in [-0.1, -0.05) is 42.5 Å². The van der Waals surface area contributed by atoms with Gasteiger partial charge in [-0.25, -0.2) is 4.98 Å². The van der Waals surface area contributed by atoms with E-state index in [1.165, 1.54) is 5.56 Å².